The molecular formula is C51H61ClF3N5O5S3. The molecule has 2 saturated carbocycles. The molecule has 8 rings (SSSR count). The van der Waals surface area contributed by atoms with E-state index in [-0.39, 0.29) is 11.3 Å². The van der Waals surface area contributed by atoms with E-state index in [2.05, 4.69) is 32.1 Å². The van der Waals surface area contributed by atoms with Crippen molar-refractivity contribution in [2.45, 2.75) is 109 Å². The Morgan fingerprint density at radius 2 is 1.50 bits per heavy atom. The van der Waals surface area contributed by atoms with Crippen molar-refractivity contribution in [3.63, 3.8) is 0 Å². The van der Waals surface area contributed by atoms with E-state index in [1.807, 2.05) is 47.2 Å². The van der Waals surface area contributed by atoms with Gasteiger partial charge in [0.1, 0.15) is 4.90 Å². The first-order chi connectivity index (χ1) is 32.6. The molecule has 68 heavy (non-hydrogen) atoms. The highest BCUT2D eigenvalue weighted by atomic mass is 35.5. The van der Waals surface area contributed by atoms with Crippen LogP contribution < -0.4 is 14.9 Å². The topological polar surface area (TPSA) is 119 Å². The van der Waals surface area contributed by atoms with Crippen LogP contribution in [0, 0.1) is 5.92 Å². The Kier molecular flexibility index (Phi) is 16.5. The van der Waals surface area contributed by atoms with Gasteiger partial charge in [0.05, 0.1) is 10.6 Å². The summed E-state index contributed by atoms with van der Waals surface area (Å²) in [6, 6.07) is 26.6. The molecule has 0 unspecified atom stereocenters. The molecule has 1 aliphatic heterocycles. The molecule has 0 radical (unpaired) electrons. The largest absolute Gasteiger partial charge is 0.501 e. The number of benzene rings is 4. The molecule has 0 spiro atoms. The van der Waals surface area contributed by atoms with Gasteiger partial charge in [-0.2, -0.15) is 13.2 Å². The highest BCUT2D eigenvalue weighted by Gasteiger charge is 2.48. The van der Waals surface area contributed by atoms with Crippen LogP contribution in [0.5, 0.6) is 0 Å². The minimum Gasteiger partial charge on any atom is -0.380 e. The number of alkyl halides is 3. The number of nitrogens with one attached hydrogen (secondary N) is 2. The number of piperazine rings is 1. The Bertz CT molecular complexity index is 2600. The first kappa shape index (κ1) is 50.3. The molecule has 1 heterocycles. The first-order valence-electron chi connectivity index (χ1n) is 23.9. The fraction of sp³-hybridized carbons (Fsp3) is 0.471. The number of carbonyl (C=O) groups excluding carboxylic acids is 1. The summed E-state index contributed by atoms with van der Waals surface area (Å²) in [5.74, 6) is 0.00526. The van der Waals surface area contributed by atoms with Crippen molar-refractivity contribution in [2.24, 2.45) is 5.92 Å². The highest BCUT2D eigenvalue weighted by Crippen LogP contribution is 2.38. The second-order valence-electron chi connectivity index (χ2n) is 18.6. The monoisotopic (exact) mass is 1010 g/mol. The Morgan fingerprint density at radius 3 is 2.18 bits per heavy atom. The molecular weight excluding hydrogens is 951 g/mol. The summed E-state index contributed by atoms with van der Waals surface area (Å²) in [5, 5.41) is 3.82. The fourth-order valence-electron chi connectivity index (χ4n) is 9.79. The third-order valence-corrected chi connectivity index (χ3v) is 18.0. The van der Waals surface area contributed by atoms with Gasteiger partial charge in [0, 0.05) is 84.8 Å². The molecule has 10 nitrogen and oxygen atoms in total. The third kappa shape index (κ3) is 13.0. The average Bonchev–Trinajstić information content (AvgIpc) is 4.19. The summed E-state index contributed by atoms with van der Waals surface area (Å²) in [6.07, 6.45) is 13.2. The minimum absolute atomic E-state index is 0.0128. The normalized spacial score (nSPS) is 18.5. The van der Waals surface area contributed by atoms with Gasteiger partial charge >= 0.3 is 5.51 Å². The van der Waals surface area contributed by atoms with E-state index < -0.39 is 47.1 Å². The number of thioether (sulfide) groups is 1. The van der Waals surface area contributed by atoms with E-state index in [1.54, 1.807) is 12.1 Å². The fourth-order valence-corrected chi connectivity index (χ4v) is 12.9. The molecule has 1 saturated heterocycles. The van der Waals surface area contributed by atoms with Crippen LogP contribution in [0.25, 0.3) is 5.57 Å². The molecule has 2 N–H and O–H groups in total. The lowest BCUT2D eigenvalue weighted by atomic mass is 9.87. The van der Waals surface area contributed by atoms with Gasteiger partial charge in [0.2, 0.25) is 0 Å². The van der Waals surface area contributed by atoms with E-state index in [0.29, 0.717) is 36.7 Å². The molecule has 3 aliphatic carbocycles. The van der Waals surface area contributed by atoms with Crippen LogP contribution in [0.4, 0.5) is 24.5 Å². The molecule has 0 aromatic heterocycles. The van der Waals surface area contributed by atoms with E-state index in [9.17, 15) is 34.8 Å². The van der Waals surface area contributed by atoms with E-state index in [1.165, 1.54) is 85.6 Å². The zero-order valence-corrected chi connectivity index (χ0v) is 41.4. The molecule has 3 fully saturated rings. The van der Waals surface area contributed by atoms with Gasteiger partial charge in [-0.25, -0.2) is 21.6 Å². The van der Waals surface area contributed by atoms with Crippen LogP contribution in [0.2, 0.25) is 5.02 Å². The molecule has 17 heteroatoms. The maximum absolute atomic E-state index is 14.3. The van der Waals surface area contributed by atoms with Crippen LogP contribution in [-0.2, 0) is 19.9 Å². The zero-order chi connectivity index (χ0) is 47.9. The lowest BCUT2D eigenvalue weighted by Crippen LogP contribution is -2.47. The van der Waals surface area contributed by atoms with Crippen molar-refractivity contribution < 1.29 is 34.8 Å². The van der Waals surface area contributed by atoms with Crippen molar-refractivity contribution in [1.29, 1.82) is 0 Å². The van der Waals surface area contributed by atoms with Gasteiger partial charge in [-0.3, -0.25) is 9.69 Å². The number of carbonyl (C=O) groups is 1. The minimum atomic E-state index is -6.05. The number of amides is 1. The maximum Gasteiger partial charge on any atom is 0.501 e. The van der Waals surface area contributed by atoms with Gasteiger partial charge in [-0.1, -0.05) is 66.8 Å². The Labute approximate surface area is 409 Å². The van der Waals surface area contributed by atoms with Crippen molar-refractivity contribution in [2.75, 3.05) is 61.8 Å². The third-order valence-electron chi connectivity index (χ3n) is 13.7. The van der Waals surface area contributed by atoms with Gasteiger partial charge in [-0.05, 0) is 142 Å². The highest BCUT2D eigenvalue weighted by molar-refractivity contribution is 7.99. The van der Waals surface area contributed by atoms with Crippen molar-refractivity contribution in [1.82, 2.24) is 14.5 Å². The molecule has 4 aliphatic rings. The maximum atomic E-state index is 14.3. The summed E-state index contributed by atoms with van der Waals surface area (Å²) in [5.41, 5.74) is -1.10. The van der Waals surface area contributed by atoms with Gasteiger partial charge in [-0.15, -0.1) is 11.8 Å². The molecule has 0 bridgehead atoms. The predicted molar refractivity (Wildman–Crippen MR) is 267 cm³/mol. The summed E-state index contributed by atoms with van der Waals surface area (Å²) < 4.78 is 98.8. The number of nitrogens with zero attached hydrogens (tertiary/aromatic N) is 3. The molecule has 366 valence electrons. The smallest absolute Gasteiger partial charge is 0.380 e. The van der Waals surface area contributed by atoms with E-state index in [4.69, 9.17) is 11.6 Å². The van der Waals surface area contributed by atoms with Gasteiger partial charge < -0.3 is 15.1 Å². The SMILES string of the molecule is O=C(NS(=O)(=O)c1ccc(N[C@H](CCN(CC2CCCCC2)C2CC2)CSc2ccccc2)c(S(=O)(=O)C(F)(F)F)c1)c1ccc(N2CCN(CC3=C(c4ccc(Cl)cc4)CCCC3)CC2)cc1. The van der Waals surface area contributed by atoms with Gasteiger partial charge in [0.25, 0.3) is 25.8 Å². The number of sulfone groups is 1. The van der Waals surface area contributed by atoms with Gasteiger partial charge in [0.15, 0.2) is 0 Å². The Hall–Kier alpha value is -4.06. The zero-order valence-electron chi connectivity index (χ0n) is 38.2. The van der Waals surface area contributed by atoms with Crippen molar-refractivity contribution in [3.8, 4) is 0 Å². The second kappa shape index (κ2) is 22.4. The Morgan fingerprint density at radius 1 is 0.809 bits per heavy atom. The summed E-state index contributed by atoms with van der Waals surface area (Å²) >= 11 is 7.66. The second-order valence-corrected chi connectivity index (χ2v) is 23.8. The Balaban J connectivity index is 0.935. The lowest BCUT2D eigenvalue weighted by molar-refractivity contribution is -0.0435. The van der Waals surface area contributed by atoms with E-state index >= 15 is 0 Å². The molecule has 1 atom stereocenters. The van der Waals surface area contributed by atoms with E-state index in [0.717, 1.165) is 92.7 Å². The first-order valence-corrected chi connectivity index (χ1v) is 28.2. The van der Waals surface area contributed by atoms with Crippen LogP contribution in [-0.4, -0.2) is 102 Å². The number of allylic oxidation sites excluding steroid dienone is 1. The summed E-state index contributed by atoms with van der Waals surface area (Å²) in [7, 11) is -10.9. The van der Waals surface area contributed by atoms with Crippen LogP contribution in [0.3, 0.4) is 0 Å². The quantitative estimate of drug-likeness (QED) is 0.0879. The molecule has 4 aromatic carbocycles. The lowest BCUT2D eigenvalue weighted by Gasteiger charge is -2.37. The number of hydrogen-bond donors (Lipinski definition) is 2. The van der Waals surface area contributed by atoms with Crippen LogP contribution in [0.1, 0.15) is 93.0 Å². The number of rotatable bonds is 19. The predicted octanol–water partition coefficient (Wildman–Crippen LogP) is 10.9. The number of hydrogen-bond acceptors (Lipinski definition) is 10. The van der Waals surface area contributed by atoms with Crippen LogP contribution >= 0.6 is 23.4 Å². The number of halogens is 4. The number of anilines is 2. The summed E-state index contributed by atoms with van der Waals surface area (Å²) in [4.78, 5) is 19.5. The van der Waals surface area contributed by atoms with Crippen molar-refractivity contribution in [3.05, 3.63) is 119 Å². The molecule has 4 aromatic rings. The average molecular weight is 1010 g/mol. The van der Waals surface area contributed by atoms with Crippen molar-refractivity contribution >= 4 is 66.1 Å². The van der Waals surface area contributed by atoms with Crippen LogP contribution in [0.15, 0.2) is 117 Å². The standard InChI is InChI=1S/C51H61ClF3N5O5S3/c52-41-19-15-38(16-20-41)47-14-8-7-11-40(47)35-58-29-31-59(32-30-58)43-21-17-39(18-22-43)50(61)57-68(64,65)46-25-26-48(49(33-46)67(62,63)51(53,54)55)56-42(36-66-45-12-5-2-6-13-45)27-28-60(44-23-24-44)34-37-9-3-1-4-10-37/h2,5-6,12-13,15-22,25-26,33,37,42,44,56H,1,3-4,7-11,14,23-24,27-32,34-36H2,(H,57,61)/t42-/m1/s1. The summed E-state index contributed by atoms with van der Waals surface area (Å²) in [6.45, 7) is 5.72. The molecule has 1 amide bonds. The number of sulfonamides is 1.